The van der Waals surface area contributed by atoms with Gasteiger partial charge in [0.15, 0.2) is 0 Å². The zero-order chi connectivity index (χ0) is 19.2. The molecule has 2 aromatic rings. The molecule has 1 aromatic heterocycles. The lowest BCUT2D eigenvalue weighted by Gasteiger charge is -2.22. The van der Waals surface area contributed by atoms with E-state index in [1.807, 2.05) is 60.8 Å². The van der Waals surface area contributed by atoms with E-state index in [0.29, 0.717) is 28.9 Å². The van der Waals surface area contributed by atoms with E-state index in [4.69, 9.17) is 12.2 Å². The number of carbonyl (C=O) groups excluding carboxylic acids is 2. The van der Waals surface area contributed by atoms with Crippen molar-refractivity contribution in [3.63, 3.8) is 0 Å². The van der Waals surface area contributed by atoms with Crippen molar-refractivity contribution in [2.45, 2.75) is 19.9 Å². The Labute approximate surface area is 172 Å². The van der Waals surface area contributed by atoms with Crippen LogP contribution in [-0.2, 0) is 16.1 Å². The lowest BCUT2D eigenvalue weighted by molar-refractivity contribution is -0.132. The predicted octanol–water partition coefficient (Wildman–Crippen LogP) is 4.39. The predicted molar refractivity (Wildman–Crippen MR) is 116 cm³/mol. The van der Waals surface area contributed by atoms with Gasteiger partial charge in [0.1, 0.15) is 4.32 Å². The molecule has 3 rings (SSSR count). The van der Waals surface area contributed by atoms with Crippen LogP contribution in [0.4, 0.5) is 0 Å². The molecule has 0 unspecified atom stereocenters. The second-order valence-electron chi connectivity index (χ2n) is 5.99. The molecule has 1 aliphatic heterocycles. The van der Waals surface area contributed by atoms with Crippen molar-refractivity contribution in [1.29, 1.82) is 0 Å². The fourth-order valence-electron chi connectivity index (χ4n) is 2.74. The topological polar surface area (TPSA) is 40.6 Å². The van der Waals surface area contributed by atoms with Gasteiger partial charge in [-0.3, -0.25) is 14.5 Å². The zero-order valence-electron chi connectivity index (χ0n) is 15.0. The van der Waals surface area contributed by atoms with Crippen LogP contribution in [0.3, 0.4) is 0 Å². The van der Waals surface area contributed by atoms with E-state index in [1.54, 1.807) is 16.2 Å². The summed E-state index contributed by atoms with van der Waals surface area (Å²) in [6, 6.07) is 13.8. The van der Waals surface area contributed by atoms with Crippen LogP contribution in [0.1, 0.15) is 23.8 Å². The van der Waals surface area contributed by atoms with Crippen LogP contribution in [0.2, 0.25) is 0 Å². The van der Waals surface area contributed by atoms with Crippen molar-refractivity contribution in [3.8, 4) is 0 Å². The summed E-state index contributed by atoms with van der Waals surface area (Å²) in [6.07, 6.45) is 2.12. The molecule has 0 bridgehead atoms. The highest BCUT2D eigenvalue weighted by Gasteiger charge is 2.32. The van der Waals surface area contributed by atoms with E-state index >= 15 is 0 Å². The van der Waals surface area contributed by atoms with Crippen molar-refractivity contribution in [2.24, 2.45) is 0 Å². The second-order valence-corrected chi connectivity index (χ2v) is 8.65. The Morgan fingerprint density at radius 2 is 2.00 bits per heavy atom. The summed E-state index contributed by atoms with van der Waals surface area (Å²) in [5.74, 6) is -0.0880. The molecule has 27 heavy (non-hydrogen) atoms. The first-order chi connectivity index (χ1) is 13.1. The van der Waals surface area contributed by atoms with Gasteiger partial charge in [0.25, 0.3) is 5.91 Å². The number of thiophene rings is 1. The van der Waals surface area contributed by atoms with Crippen LogP contribution >= 0.6 is 35.3 Å². The van der Waals surface area contributed by atoms with E-state index in [-0.39, 0.29) is 18.2 Å². The number of rotatable bonds is 7. The van der Waals surface area contributed by atoms with Gasteiger partial charge in [-0.25, -0.2) is 0 Å². The maximum atomic E-state index is 12.6. The number of amides is 2. The fourth-order valence-corrected chi connectivity index (χ4v) is 4.77. The lowest BCUT2D eigenvalue weighted by atomic mass is 10.2. The molecule has 0 N–H and O–H groups in total. The maximum Gasteiger partial charge on any atom is 0.266 e. The molecule has 0 radical (unpaired) electrons. The molecule has 1 saturated heterocycles. The molecule has 2 amide bonds. The summed E-state index contributed by atoms with van der Waals surface area (Å²) in [5.41, 5.74) is 1.09. The Hall–Kier alpha value is -1.96. The van der Waals surface area contributed by atoms with Gasteiger partial charge in [0, 0.05) is 30.9 Å². The second kappa shape index (κ2) is 9.30. The van der Waals surface area contributed by atoms with Crippen molar-refractivity contribution in [1.82, 2.24) is 9.80 Å². The molecule has 4 nitrogen and oxygen atoms in total. The molecule has 0 saturated carbocycles. The number of hydrogen-bond acceptors (Lipinski definition) is 5. The van der Waals surface area contributed by atoms with Crippen molar-refractivity contribution in [3.05, 3.63) is 63.2 Å². The Kier molecular flexibility index (Phi) is 6.82. The molecule has 1 fully saturated rings. The quantitative estimate of drug-likeness (QED) is 0.496. The minimum atomic E-state index is -0.114. The molecule has 1 aromatic carbocycles. The highest BCUT2D eigenvalue weighted by Crippen LogP contribution is 2.33. The summed E-state index contributed by atoms with van der Waals surface area (Å²) in [4.78, 5) is 30.2. The SMILES string of the molecule is CCN(Cc1ccccc1)C(=O)CCN1C(=O)/C(=C\c2cccs2)SC1=S. The molecule has 2 heterocycles. The van der Waals surface area contributed by atoms with Crippen molar-refractivity contribution < 1.29 is 9.59 Å². The molecule has 7 heteroatoms. The Morgan fingerprint density at radius 1 is 1.22 bits per heavy atom. The van der Waals surface area contributed by atoms with Crippen molar-refractivity contribution >= 4 is 57.5 Å². The number of thiocarbonyl (C=S) groups is 1. The minimum absolute atomic E-state index is 0.0256. The Morgan fingerprint density at radius 3 is 2.67 bits per heavy atom. The smallest absolute Gasteiger partial charge is 0.266 e. The van der Waals surface area contributed by atoms with Crippen LogP contribution in [0.15, 0.2) is 52.7 Å². The van der Waals surface area contributed by atoms with Gasteiger partial charge >= 0.3 is 0 Å². The molecule has 0 atom stereocenters. The van der Waals surface area contributed by atoms with Gasteiger partial charge in [-0.1, -0.05) is 60.4 Å². The third kappa shape index (κ3) is 5.06. The standard InChI is InChI=1S/C20H20N2O2S3/c1-2-21(14-15-7-4-3-5-8-15)18(23)10-11-22-19(24)17(27-20(22)25)13-16-9-6-12-26-16/h3-9,12-13H,2,10-11,14H2,1H3/b17-13+. The fraction of sp³-hybridized carbons (Fsp3) is 0.250. The minimum Gasteiger partial charge on any atom is -0.339 e. The number of hydrogen-bond donors (Lipinski definition) is 0. The Bertz CT molecular complexity index is 847. The van der Waals surface area contributed by atoms with Gasteiger partial charge in [-0.05, 0) is 30.0 Å². The molecule has 140 valence electrons. The average molecular weight is 417 g/mol. The van der Waals surface area contributed by atoms with Gasteiger partial charge in [0.2, 0.25) is 5.91 Å². The first-order valence-corrected chi connectivity index (χ1v) is 10.8. The van der Waals surface area contributed by atoms with E-state index < -0.39 is 0 Å². The van der Waals surface area contributed by atoms with Gasteiger partial charge in [-0.15, -0.1) is 11.3 Å². The normalized spacial score (nSPS) is 15.6. The van der Waals surface area contributed by atoms with E-state index in [9.17, 15) is 9.59 Å². The van der Waals surface area contributed by atoms with Crippen LogP contribution in [-0.4, -0.2) is 39.0 Å². The monoisotopic (exact) mass is 416 g/mol. The summed E-state index contributed by atoms with van der Waals surface area (Å²) in [6.45, 7) is 3.48. The number of nitrogens with zero attached hydrogens (tertiary/aromatic N) is 2. The molecular formula is C20H20N2O2S3. The largest absolute Gasteiger partial charge is 0.339 e. The van der Waals surface area contributed by atoms with Crippen LogP contribution in [0.25, 0.3) is 6.08 Å². The van der Waals surface area contributed by atoms with Crippen LogP contribution in [0, 0.1) is 0 Å². The molecular weight excluding hydrogens is 396 g/mol. The molecule has 1 aliphatic rings. The number of benzene rings is 1. The summed E-state index contributed by atoms with van der Waals surface area (Å²) >= 11 is 8.22. The van der Waals surface area contributed by atoms with Gasteiger partial charge in [0.05, 0.1) is 4.91 Å². The maximum absolute atomic E-state index is 12.6. The van der Waals surface area contributed by atoms with Crippen LogP contribution in [0.5, 0.6) is 0 Å². The third-order valence-corrected chi connectivity index (χ3v) is 6.39. The van der Waals surface area contributed by atoms with E-state index in [1.165, 1.54) is 16.7 Å². The third-order valence-electron chi connectivity index (χ3n) is 4.19. The lowest BCUT2D eigenvalue weighted by Crippen LogP contribution is -2.35. The van der Waals surface area contributed by atoms with Crippen LogP contribution < -0.4 is 0 Å². The zero-order valence-corrected chi connectivity index (χ0v) is 17.4. The van der Waals surface area contributed by atoms with Crippen molar-refractivity contribution in [2.75, 3.05) is 13.1 Å². The average Bonchev–Trinajstić information content (AvgIpc) is 3.27. The first kappa shape index (κ1) is 19.8. The highest BCUT2D eigenvalue weighted by molar-refractivity contribution is 8.26. The number of carbonyl (C=O) groups is 2. The summed E-state index contributed by atoms with van der Waals surface area (Å²) in [7, 11) is 0. The first-order valence-electron chi connectivity index (χ1n) is 8.69. The Balaban J connectivity index is 1.59. The number of thioether (sulfide) groups is 1. The van der Waals surface area contributed by atoms with Gasteiger partial charge in [-0.2, -0.15) is 0 Å². The van der Waals surface area contributed by atoms with E-state index in [2.05, 4.69) is 0 Å². The molecule has 0 spiro atoms. The summed E-state index contributed by atoms with van der Waals surface area (Å²) < 4.78 is 0.515. The summed E-state index contributed by atoms with van der Waals surface area (Å²) in [5, 5.41) is 1.97. The molecule has 0 aliphatic carbocycles. The van der Waals surface area contributed by atoms with Gasteiger partial charge < -0.3 is 4.90 Å². The highest BCUT2D eigenvalue weighted by atomic mass is 32.2. The van der Waals surface area contributed by atoms with E-state index in [0.717, 1.165) is 10.4 Å².